The summed E-state index contributed by atoms with van der Waals surface area (Å²) >= 11 is 0. The number of anilines is 1. The second-order valence-corrected chi connectivity index (χ2v) is 8.34. The number of ether oxygens (including phenoxy) is 1. The fraction of sp³-hybridized carbons (Fsp3) is 0.375. The first-order valence-corrected chi connectivity index (χ1v) is 10.2. The van der Waals surface area contributed by atoms with Crippen LogP contribution in [0.1, 0.15) is 6.42 Å². The molecule has 4 rings (SSSR count). The van der Waals surface area contributed by atoms with E-state index in [1.54, 1.807) is 18.0 Å². The Kier molecular flexibility index (Phi) is 4.40. The number of nitrogens with zero attached hydrogens (tertiary/aromatic N) is 6. The molecular formula is C16H19N7O3S. The van der Waals surface area contributed by atoms with Crippen LogP contribution < -0.4 is 10.1 Å². The summed E-state index contributed by atoms with van der Waals surface area (Å²) in [5.74, 6) is 1.16. The van der Waals surface area contributed by atoms with Crippen molar-refractivity contribution in [3.8, 4) is 11.4 Å². The minimum Gasteiger partial charge on any atom is -0.497 e. The Labute approximate surface area is 156 Å². The summed E-state index contributed by atoms with van der Waals surface area (Å²) in [4.78, 5) is 8.79. The molecule has 1 aliphatic rings. The molecule has 1 atom stereocenters. The van der Waals surface area contributed by atoms with Gasteiger partial charge in [-0.15, -0.1) is 5.10 Å². The van der Waals surface area contributed by atoms with Crippen LogP contribution in [0.2, 0.25) is 0 Å². The molecule has 0 saturated carbocycles. The van der Waals surface area contributed by atoms with Gasteiger partial charge in [0.2, 0.25) is 16.0 Å². The average molecular weight is 389 g/mol. The van der Waals surface area contributed by atoms with Crippen molar-refractivity contribution in [1.82, 2.24) is 29.3 Å². The Bertz CT molecular complexity index is 1070. The van der Waals surface area contributed by atoms with Crippen LogP contribution in [0.3, 0.4) is 0 Å². The van der Waals surface area contributed by atoms with Crippen LogP contribution in [-0.2, 0) is 10.0 Å². The summed E-state index contributed by atoms with van der Waals surface area (Å²) in [5.41, 5.74) is 1.93. The quantitative estimate of drug-likeness (QED) is 0.677. The minimum atomic E-state index is -3.18. The highest BCUT2D eigenvalue weighted by Crippen LogP contribution is 2.20. The fourth-order valence-corrected chi connectivity index (χ4v) is 3.91. The number of nitrogens with one attached hydrogen (secondary N) is 1. The van der Waals surface area contributed by atoms with Crippen molar-refractivity contribution in [2.24, 2.45) is 0 Å². The molecule has 1 aromatic carbocycles. The number of hydrogen-bond donors (Lipinski definition) is 1. The molecule has 27 heavy (non-hydrogen) atoms. The number of rotatable bonds is 5. The Hall–Kier alpha value is -2.79. The molecule has 10 nitrogen and oxygen atoms in total. The smallest absolute Gasteiger partial charge is 0.225 e. The zero-order valence-electron chi connectivity index (χ0n) is 14.9. The topological polar surface area (TPSA) is 115 Å². The highest BCUT2D eigenvalue weighted by molar-refractivity contribution is 7.88. The lowest BCUT2D eigenvalue weighted by Gasteiger charge is -2.14. The first kappa shape index (κ1) is 17.6. The van der Waals surface area contributed by atoms with E-state index in [-0.39, 0.29) is 6.04 Å². The Balaban J connectivity index is 1.58. The lowest BCUT2D eigenvalue weighted by Crippen LogP contribution is -2.31. The second-order valence-electron chi connectivity index (χ2n) is 6.35. The van der Waals surface area contributed by atoms with Gasteiger partial charge < -0.3 is 10.1 Å². The number of aromatic nitrogens is 5. The molecule has 3 heterocycles. The van der Waals surface area contributed by atoms with Crippen molar-refractivity contribution >= 4 is 27.1 Å². The third-order valence-corrected chi connectivity index (χ3v) is 5.73. The summed E-state index contributed by atoms with van der Waals surface area (Å²) in [6, 6.07) is 7.36. The Morgan fingerprint density at radius 1 is 1.26 bits per heavy atom. The van der Waals surface area contributed by atoms with Crippen LogP contribution in [0, 0.1) is 0 Å². The molecule has 0 radical (unpaired) electrons. The van der Waals surface area contributed by atoms with Gasteiger partial charge in [0.05, 0.1) is 25.2 Å². The maximum Gasteiger partial charge on any atom is 0.225 e. The summed E-state index contributed by atoms with van der Waals surface area (Å²) in [7, 11) is -1.57. The second kappa shape index (κ2) is 6.74. The number of fused-ring (bicyclic) bond motifs is 1. The zero-order valence-corrected chi connectivity index (χ0v) is 15.7. The van der Waals surface area contributed by atoms with Crippen LogP contribution >= 0.6 is 0 Å². The summed E-state index contributed by atoms with van der Waals surface area (Å²) in [6.45, 7) is 0.889. The average Bonchev–Trinajstić information content (AvgIpc) is 3.28. The van der Waals surface area contributed by atoms with E-state index in [4.69, 9.17) is 4.74 Å². The number of benzene rings is 1. The molecule has 3 aromatic rings. The summed E-state index contributed by atoms with van der Waals surface area (Å²) in [5, 5.41) is 11.4. The third kappa shape index (κ3) is 3.55. The maximum atomic E-state index is 11.7. The minimum absolute atomic E-state index is 0.0394. The lowest BCUT2D eigenvalue weighted by molar-refractivity contribution is 0.414. The highest BCUT2D eigenvalue weighted by Gasteiger charge is 2.29. The van der Waals surface area contributed by atoms with Crippen molar-refractivity contribution in [2.75, 3.05) is 31.8 Å². The van der Waals surface area contributed by atoms with E-state index in [1.165, 1.54) is 10.6 Å². The van der Waals surface area contributed by atoms with E-state index < -0.39 is 10.0 Å². The highest BCUT2D eigenvalue weighted by atomic mass is 32.2. The normalized spacial score (nSPS) is 18.1. The number of methoxy groups -OCH3 is 1. The van der Waals surface area contributed by atoms with Crippen LogP contribution in [-0.4, -0.2) is 70.2 Å². The van der Waals surface area contributed by atoms with E-state index in [0.717, 1.165) is 11.4 Å². The van der Waals surface area contributed by atoms with Crippen LogP contribution in [0.15, 0.2) is 30.5 Å². The van der Waals surface area contributed by atoms with Gasteiger partial charge in [-0.1, -0.05) is 5.21 Å². The SMILES string of the molecule is COc1ccc(-n2nnc3cnc(N[C@@H]4CCN(S(C)(=O)=O)C4)nc32)cc1. The van der Waals surface area contributed by atoms with Crippen molar-refractivity contribution in [1.29, 1.82) is 0 Å². The molecule has 1 saturated heterocycles. The van der Waals surface area contributed by atoms with Crippen LogP contribution in [0.5, 0.6) is 5.75 Å². The van der Waals surface area contributed by atoms with Crippen LogP contribution in [0.25, 0.3) is 16.9 Å². The van der Waals surface area contributed by atoms with Gasteiger partial charge in [-0.3, -0.25) is 0 Å². The molecule has 0 unspecified atom stereocenters. The van der Waals surface area contributed by atoms with Crippen molar-refractivity contribution in [2.45, 2.75) is 12.5 Å². The largest absolute Gasteiger partial charge is 0.497 e. The van der Waals surface area contributed by atoms with Gasteiger partial charge in [-0.2, -0.15) is 9.67 Å². The lowest BCUT2D eigenvalue weighted by atomic mass is 10.3. The van der Waals surface area contributed by atoms with Gasteiger partial charge in [0.25, 0.3) is 0 Å². The molecule has 11 heteroatoms. The fourth-order valence-electron chi connectivity index (χ4n) is 3.02. The molecule has 1 N–H and O–H groups in total. The maximum absolute atomic E-state index is 11.7. The van der Waals surface area contributed by atoms with Gasteiger partial charge >= 0.3 is 0 Å². The third-order valence-electron chi connectivity index (χ3n) is 4.46. The Morgan fingerprint density at radius 2 is 2.04 bits per heavy atom. The predicted octanol–water partition coefficient (Wildman–Crippen LogP) is 0.665. The Morgan fingerprint density at radius 3 is 2.70 bits per heavy atom. The molecule has 1 fully saturated rings. The molecule has 1 aliphatic heterocycles. The van der Waals surface area contributed by atoms with Crippen molar-refractivity contribution < 1.29 is 13.2 Å². The molecule has 2 aromatic heterocycles. The van der Waals surface area contributed by atoms with Gasteiger partial charge in [0, 0.05) is 19.1 Å². The van der Waals surface area contributed by atoms with E-state index in [1.807, 2.05) is 24.3 Å². The van der Waals surface area contributed by atoms with E-state index in [9.17, 15) is 8.42 Å². The molecule has 142 valence electrons. The van der Waals surface area contributed by atoms with Crippen LogP contribution in [0.4, 0.5) is 5.95 Å². The van der Waals surface area contributed by atoms with Crippen molar-refractivity contribution in [3.05, 3.63) is 30.5 Å². The zero-order chi connectivity index (χ0) is 19.0. The molecule has 0 aliphatic carbocycles. The van der Waals surface area contributed by atoms with E-state index in [2.05, 4.69) is 25.6 Å². The summed E-state index contributed by atoms with van der Waals surface area (Å²) in [6.07, 6.45) is 3.52. The number of sulfonamides is 1. The monoisotopic (exact) mass is 389 g/mol. The van der Waals surface area contributed by atoms with Gasteiger partial charge in [-0.05, 0) is 30.7 Å². The first-order chi connectivity index (χ1) is 12.9. The first-order valence-electron chi connectivity index (χ1n) is 8.38. The molecular weight excluding hydrogens is 370 g/mol. The predicted molar refractivity (Wildman–Crippen MR) is 99.5 cm³/mol. The molecule has 0 amide bonds. The standard InChI is InChI=1S/C16H19N7O3S/c1-26-13-5-3-12(4-6-13)23-15-14(20-21-23)9-17-16(19-15)18-11-7-8-22(10-11)27(2,24)25/h3-6,9,11H,7-8,10H2,1-2H3,(H,17,18,19)/t11-/m1/s1. The van der Waals surface area contributed by atoms with Crippen molar-refractivity contribution in [3.63, 3.8) is 0 Å². The van der Waals surface area contributed by atoms with E-state index >= 15 is 0 Å². The number of hydrogen-bond acceptors (Lipinski definition) is 8. The van der Waals surface area contributed by atoms with Gasteiger partial charge in [-0.25, -0.2) is 17.7 Å². The summed E-state index contributed by atoms with van der Waals surface area (Å²) < 4.78 is 31.6. The molecule has 0 spiro atoms. The van der Waals surface area contributed by atoms with E-state index in [0.29, 0.717) is 36.6 Å². The molecule has 0 bridgehead atoms. The van der Waals surface area contributed by atoms with Gasteiger partial charge in [0.15, 0.2) is 11.2 Å². The van der Waals surface area contributed by atoms with Gasteiger partial charge in [0.1, 0.15) is 5.75 Å².